The van der Waals surface area contributed by atoms with Crippen LogP contribution in [0.5, 0.6) is 5.75 Å². The number of hydrogen-bond donors (Lipinski definition) is 4. The Hall–Kier alpha value is -3.96. The standard InChI is InChI=1S/C22H25N3O8/c1-13(27)19(20(28)23-16-4-6-18(7-5-16)33-9-8-26)25-24-17-11-14(21(29)31-2)10-15(12-17)22(30)32-3/h4-7,10-12,20,23-24,26,28H,8-9H2,1-3H3/b25-19-. The fourth-order valence-corrected chi connectivity index (χ4v) is 2.66. The molecule has 0 fully saturated rings. The van der Waals surface area contributed by atoms with Gasteiger partial charge >= 0.3 is 11.9 Å². The van der Waals surface area contributed by atoms with Gasteiger partial charge in [-0.05, 0) is 42.5 Å². The molecule has 33 heavy (non-hydrogen) atoms. The van der Waals surface area contributed by atoms with E-state index in [0.29, 0.717) is 11.4 Å². The van der Waals surface area contributed by atoms with Crippen LogP contribution in [0, 0.1) is 0 Å². The molecule has 0 spiro atoms. The van der Waals surface area contributed by atoms with Crippen LogP contribution in [-0.2, 0) is 14.3 Å². The van der Waals surface area contributed by atoms with E-state index in [1.165, 1.54) is 39.3 Å². The molecule has 0 heterocycles. The van der Waals surface area contributed by atoms with Crippen LogP contribution in [0.4, 0.5) is 11.4 Å². The van der Waals surface area contributed by atoms with Gasteiger partial charge in [0.25, 0.3) is 0 Å². The molecule has 1 unspecified atom stereocenters. The van der Waals surface area contributed by atoms with Gasteiger partial charge in [0.15, 0.2) is 17.7 Å². The summed E-state index contributed by atoms with van der Waals surface area (Å²) in [5.74, 6) is -1.37. The van der Waals surface area contributed by atoms with Crippen molar-refractivity contribution in [3.8, 4) is 5.75 Å². The van der Waals surface area contributed by atoms with E-state index >= 15 is 0 Å². The van der Waals surface area contributed by atoms with E-state index in [-0.39, 0.29) is 35.7 Å². The van der Waals surface area contributed by atoms with Gasteiger partial charge in [0.2, 0.25) is 0 Å². The first kappa shape index (κ1) is 25.3. The number of nitrogens with one attached hydrogen (secondary N) is 2. The highest BCUT2D eigenvalue weighted by molar-refractivity contribution is 6.41. The predicted octanol–water partition coefficient (Wildman–Crippen LogP) is 1.42. The summed E-state index contributed by atoms with van der Waals surface area (Å²) in [5, 5.41) is 25.9. The van der Waals surface area contributed by atoms with E-state index in [4.69, 9.17) is 9.84 Å². The van der Waals surface area contributed by atoms with Crippen molar-refractivity contribution in [3.63, 3.8) is 0 Å². The van der Waals surface area contributed by atoms with Gasteiger partial charge in [-0.3, -0.25) is 10.2 Å². The number of aliphatic hydroxyl groups excluding tert-OH is 2. The first-order valence-electron chi connectivity index (χ1n) is 9.73. The Balaban J connectivity index is 2.22. The van der Waals surface area contributed by atoms with Gasteiger partial charge in [0, 0.05) is 12.6 Å². The van der Waals surface area contributed by atoms with E-state index in [0.717, 1.165) is 0 Å². The summed E-state index contributed by atoms with van der Waals surface area (Å²) < 4.78 is 14.6. The first-order chi connectivity index (χ1) is 15.8. The lowest BCUT2D eigenvalue weighted by atomic mass is 10.1. The average molecular weight is 459 g/mol. The number of esters is 2. The number of aliphatic hydroxyl groups is 2. The number of nitrogens with zero attached hydrogens (tertiary/aromatic N) is 1. The van der Waals surface area contributed by atoms with Gasteiger partial charge in [-0.1, -0.05) is 0 Å². The Morgan fingerprint density at radius 2 is 1.55 bits per heavy atom. The van der Waals surface area contributed by atoms with E-state index in [2.05, 4.69) is 25.3 Å². The normalized spacial score (nSPS) is 11.8. The molecule has 0 saturated heterocycles. The number of rotatable bonds is 11. The van der Waals surface area contributed by atoms with Crippen molar-refractivity contribution in [2.75, 3.05) is 38.2 Å². The zero-order valence-electron chi connectivity index (χ0n) is 18.3. The molecular formula is C22H25N3O8. The lowest BCUT2D eigenvalue weighted by molar-refractivity contribution is -0.111. The first-order valence-corrected chi connectivity index (χ1v) is 9.73. The van der Waals surface area contributed by atoms with Crippen LogP contribution in [-0.4, -0.2) is 67.3 Å². The molecule has 2 aromatic carbocycles. The monoisotopic (exact) mass is 459 g/mol. The predicted molar refractivity (Wildman–Crippen MR) is 120 cm³/mol. The molecule has 0 bridgehead atoms. The third-order valence-electron chi connectivity index (χ3n) is 4.22. The second-order valence-corrected chi connectivity index (χ2v) is 6.59. The zero-order chi connectivity index (χ0) is 24.4. The Morgan fingerprint density at radius 3 is 2.03 bits per heavy atom. The highest BCUT2D eigenvalue weighted by Gasteiger charge is 2.19. The molecule has 2 rings (SSSR count). The lowest BCUT2D eigenvalue weighted by Crippen LogP contribution is -2.34. The summed E-state index contributed by atoms with van der Waals surface area (Å²) in [6, 6.07) is 10.5. The van der Waals surface area contributed by atoms with Gasteiger partial charge in [-0.25, -0.2) is 9.59 Å². The summed E-state index contributed by atoms with van der Waals surface area (Å²) in [4.78, 5) is 35.9. The molecule has 11 heteroatoms. The summed E-state index contributed by atoms with van der Waals surface area (Å²) in [6.45, 7) is 1.26. The van der Waals surface area contributed by atoms with Crippen LogP contribution in [0.1, 0.15) is 27.6 Å². The molecular weight excluding hydrogens is 434 g/mol. The third kappa shape index (κ3) is 7.30. The van der Waals surface area contributed by atoms with Crippen molar-refractivity contribution < 1.29 is 38.8 Å². The largest absolute Gasteiger partial charge is 0.491 e. The van der Waals surface area contributed by atoms with Crippen LogP contribution >= 0.6 is 0 Å². The fraction of sp³-hybridized carbons (Fsp3) is 0.273. The van der Waals surface area contributed by atoms with Crippen molar-refractivity contribution >= 4 is 34.8 Å². The smallest absolute Gasteiger partial charge is 0.337 e. The highest BCUT2D eigenvalue weighted by atomic mass is 16.5. The maximum Gasteiger partial charge on any atom is 0.337 e. The topological polar surface area (TPSA) is 156 Å². The maximum absolute atomic E-state index is 12.0. The zero-order valence-corrected chi connectivity index (χ0v) is 18.3. The van der Waals surface area contributed by atoms with Gasteiger partial charge < -0.3 is 29.7 Å². The highest BCUT2D eigenvalue weighted by Crippen LogP contribution is 2.18. The molecule has 0 amide bonds. The van der Waals surface area contributed by atoms with Crippen molar-refractivity contribution in [2.24, 2.45) is 5.10 Å². The van der Waals surface area contributed by atoms with Crippen LogP contribution in [0.3, 0.4) is 0 Å². The molecule has 0 aromatic heterocycles. The number of ketones is 1. The molecule has 0 saturated carbocycles. The van der Waals surface area contributed by atoms with E-state index in [1.54, 1.807) is 24.3 Å². The molecule has 2 aromatic rings. The van der Waals surface area contributed by atoms with Crippen LogP contribution in [0.2, 0.25) is 0 Å². The van der Waals surface area contributed by atoms with E-state index in [1.807, 2.05) is 0 Å². The number of methoxy groups -OCH3 is 2. The molecule has 0 aliphatic heterocycles. The molecule has 11 nitrogen and oxygen atoms in total. The van der Waals surface area contributed by atoms with Gasteiger partial charge in [-0.2, -0.15) is 5.10 Å². The maximum atomic E-state index is 12.0. The number of ether oxygens (including phenoxy) is 3. The second kappa shape index (κ2) is 12.2. The number of carbonyl (C=O) groups is 3. The lowest BCUT2D eigenvalue weighted by Gasteiger charge is -2.16. The number of anilines is 2. The molecule has 0 aliphatic rings. The Bertz CT molecular complexity index is 987. The van der Waals surface area contributed by atoms with Crippen molar-refractivity contribution in [1.29, 1.82) is 0 Å². The van der Waals surface area contributed by atoms with Crippen LogP contribution < -0.4 is 15.5 Å². The van der Waals surface area contributed by atoms with Gasteiger partial charge in [-0.15, -0.1) is 0 Å². The summed E-state index contributed by atoms with van der Waals surface area (Å²) >= 11 is 0. The Kier molecular flexibility index (Phi) is 9.33. The fourth-order valence-electron chi connectivity index (χ4n) is 2.66. The summed E-state index contributed by atoms with van der Waals surface area (Å²) in [6.07, 6.45) is -1.47. The number of benzene rings is 2. The molecule has 4 N–H and O–H groups in total. The van der Waals surface area contributed by atoms with Crippen LogP contribution in [0.25, 0.3) is 0 Å². The van der Waals surface area contributed by atoms with Crippen molar-refractivity contribution in [2.45, 2.75) is 13.2 Å². The number of Topliss-reactive ketones (excluding diaryl/α,β-unsaturated/α-hetero) is 1. The molecule has 1 atom stereocenters. The minimum absolute atomic E-state index is 0.0599. The minimum atomic E-state index is -1.47. The van der Waals surface area contributed by atoms with Crippen molar-refractivity contribution in [3.05, 3.63) is 53.6 Å². The van der Waals surface area contributed by atoms with Crippen molar-refractivity contribution in [1.82, 2.24) is 0 Å². The van der Waals surface area contributed by atoms with E-state index < -0.39 is 23.9 Å². The molecule has 176 valence electrons. The number of carbonyl (C=O) groups excluding carboxylic acids is 3. The Labute approximate surface area is 190 Å². The summed E-state index contributed by atoms with van der Waals surface area (Å²) in [5.41, 5.74) is 3.11. The number of hydrogen-bond acceptors (Lipinski definition) is 11. The summed E-state index contributed by atoms with van der Waals surface area (Å²) in [7, 11) is 2.39. The average Bonchev–Trinajstić information content (AvgIpc) is 2.82. The van der Waals surface area contributed by atoms with Gasteiger partial charge in [0.05, 0.1) is 37.6 Å². The third-order valence-corrected chi connectivity index (χ3v) is 4.22. The quantitative estimate of drug-likeness (QED) is 0.168. The van der Waals surface area contributed by atoms with E-state index in [9.17, 15) is 19.5 Å². The van der Waals surface area contributed by atoms with Crippen LogP contribution in [0.15, 0.2) is 47.6 Å². The second-order valence-electron chi connectivity index (χ2n) is 6.59. The molecule has 0 radical (unpaired) electrons. The van der Waals surface area contributed by atoms with Gasteiger partial charge in [0.1, 0.15) is 12.4 Å². The SMILES string of the molecule is COC(=O)c1cc(N/N=C(/C(C)=O)C(O)Nc2ccc(OCCO)cc2)cc(C(=O)OC)c1. The Morgan fingerprint density at radius 1 is 0.970 bits per heavy atom. The number of hydrazone groups is 1. The minimum Gasteiger partial charge on any atom is -0.491 e. The molecule has 0 aliphatic carbocycles.